The van der Waals surface area contributed by atoms with Crippen LogP contribution in [0.3, 0.4) is 0 Å². The third-order valence-corrected chi connectivity index (χ3v) is 6.15. The molecule has 0 heterocycles. The fourth-order valence-corrected chi connectivity index (χ4v) is 4.21. The second-order valence-electron chi connectivity index (χ2n) is 6.88. The number of amides is 1. The van der Waals surface area contributed by atoms with Crippen molar-refractivity contribution in [2.45, 2.75) is 26.0 Å². The molecule has 0 fully saturated rings. The average Bonchev–Trinajstić information content (AvgIpc) is 2.55. The quantitative estimate of drug-likeness (QED) is 0.229. The van der Waals surface area contributed by atoms with Crippen LogP contribution in [0.2, 0.25) is 0 Å². The highest BCUT2D eigenvalue weighted by Crippen LogP contribution is 2.19. The number of hydrogen-bond acceptors (Lipinski definition) is 5. The van der Waals surface area contributed by atoms with Crippen molar-refractivity contribution >= 4 is 37.6 Å². The molecule has 1 unspecified atom stereocenters. The van der Waals surface area contributed by atoms with Gasteiger partial charge >= 0.3 is 0 Å². The topological polar surface area (TPSA) is 102 Å². The number of carbonyl (C=O) groups excluding carboxylic acids is 1. The lowest BCUT2D eigenvalue weighted by Crippen LogP contribution is -2.36. The predicted molar refractivity (Wildman–Crippen MR) is 120 cm³/mol. The molecule has 0 aromatic carbocycles. The molecule has 28 heavy (non-hydrogen) atoms. The Labute approximate surface area is 177 Å². The van der Waals surface area contributed by atoms with E-state index in [9.17, 15) is 13.2 Å². The first-order valence-corrected chi connectivity index (χ1v) is 11.1. The van der Waals surface area contributed by atoms with Crippen LogP contribution in [0.15, 0.2) is 47.1 Å². The van der Waals surface area contributed by atoms with Gasteiger partial charge in [-0.1, -0.05) is 55.1 Å². The van der Waals surface area contributed by atoms with Gasteiger partial charge in [0.15, 0.2) is 0 Å². The van der Waals surface area contributed by atoms with Gasteiger partial charge in [0.05, 0.1) is 5.57 Å². The van der Waals surface area contributed by atoms with E-state index in [0.717, 1.165) is 0 Å². The number of hydrogen-bond donors (Lipinski definition) is 3. The van der Waals surface area contributed by atoms with Gasteiger partial charge in [-0.3, -0.25) is 9.52 Å². The molecule has 9 heteroatoms. The van der Waals surface area contributed by atoms with Gasteiger partial charge < -0.3 is 15.6 Å². The number of likely N-dealkylation sites (N-methyl/N-ethyl adjacent to an activating group) is 1. The Bertz CT molecular complexity index is 768. The Kier molecular flexibility index (Phi) is 11.2. The third kappa shape index (κ3) is 9.48. The van der Waals surface area contributed by atoms with Crippen LogP contribution < -0.4 is 10.0 Å². The van der Waals surface area contributed by atoms with E-state index < -0.39 is 21.2 Å². The highest BCUT2D eigenvalue weighted by Gasteiger charge is 2.27. The van der Waals surface area contributed by atoms with E-state index >= 15 is 0 Å². The zero-order chi connectivity index (χ0) is 22.1. The van der Waals surface area contributed by atoms with E-state index in [1.54, 1.807) is 19.9 Å². The molecule has 0 radical (unpaired) electrons. The van der Waals surface area contributed by atoms with E-state index in [2.05, 4.69) is 39.1 Å². The maximum absolute atomic E-state index is 12.7. The van der Waals surface area contributed by atoms with Gasteiger partial charge in [-0.2, -0.15) is 0 Å². The smallest absolute Gasteiger partial charge is 0.253 e. The van der Waals surface area contributed by atoms with Gasteiger partial charge in [0.1, 0.15) is 5.25 Å². The summed E-state index contributed by atoms with van der Waals surface area (Å²) in [5.74, 6) is -0.663. The van der Waals surface area contributed by atoms with Crippen LogP contribution in [-0.2, 0) is 14.8 Å². The summed E-state index contributed by atoms with van der Waals surface area (Å²) in [6, 6.07) is 0. The molecule has 0 saturated carbocycles. The van der Waals surface area contributed by atoms with Crippen molar-refractivity contribution in [2.24, 2.45) is 5.92 Å². The number of halogens is 1. The summed E-state index contributed by atoms with van der Waals surface area (Å²) in [5.41, 5.74) is 0.0749. The minimum Gasteiger partial charge on any atom is -0.351 e. The Balaban J connectivity index is 5.48. The third-order valence-electron chi connectivity index (χ3n) is 3.62. The van der Waals surface area contributed by atoms with E-state index in [1.807, 2.05) is 19.0 Å². The van der Waals surface area contributed by atoms with Crippen LogP contribution in [0, 0.1) is 11.3 Å². The summed E-state index contributed by atoms with van der Waals surface area (Å²) in [5, 5.41) is 9.69. The molecule has 0 spiro atoms. The molecule has 0 aliphatic heterocycles. The fraction of sp³-hybridized carbons (Fsp3) is 0.474. The first-order chi connectivity index (χ1) is 12.8. The first kappa shape index (κ1) is 26.3. The Morgan fingerprint density at radius 3 is 2.32 bits per heavy atom. The van der Waals surface area contributed by atoms with Gasteiger partial charge in [0.2, 0.25) is 10.0 Å². The Morgan fingerprint density at radius 2 is 1.89 bits per heavy atom. The minimum atomic E-state index is -3.81. The highest BCUT2D eigenvalue weighted by atomic mass is 79.9. The summed E-state index contributed by atoms with van der Waals surface area (Å²) in [6.07, 6.45) is 4.33. The summed E-state index contributed by atoms with van der Waals surface area (Å²) in [7, 11) is -0.0471. The van der Waals surface area contributed by atoms with Crippen LogP contribution in [-0.4, -0.2) is 57.4 Å². The summed E-state index contributed by atoms with van der Waals surface area (Å²) in [6.45, 7) is 13.4. The second kappa shape index (κ2) is 12.0. The highest BCUT2D eigenvalue weighted by molar-refractivity contribution is 9.11. The zero-order valence-corrected chi connectivity index (χ0v) is 19.6. The number of carbonyl (C=O) groups is 1. The van der Waals surface area contributed by atoms with Crippen LogP contribution in [0.1, 0.15) is 20.8 Å². The predicted octanol–water partition coefficient (Wildman–Crippen LogP) is 2.55. The molecule has 7 nitrogen and oxygen atoms in total. The van der Waals surface area contributed by atoms with E-state index in [4.69, 9.17) is 5.41 Å². The van der Waals surface area contributed by atoms with Crippen molar-refractivity contribution in [3.8, 4) is 0 Å². The summed E-state index contributed by atoms with van der Waals surface area (Å²) >= 11 is 3.25. The number of nitrogens with zero attached hydrogens (tertiary/aromatic N) is 1. The van der Waals surface area contributed by atoms with Crippen molar-refractivity contribution in [1.82, 2.24) is 14.9 Å². The normalized spacial score (nSPS) is 14.0. The molecule has 1 atom stereocenters. The van der Waals surface area contributed by atoms with Crippen molar-refractivity contribution in [3.63, 3.8) is 0 Å². The molecule has 0 aromatic heterocycles. The molecule has 1 amide bonds. The van der Waals surface area contributed by atoms with Crippen molar-refractivity contribution in [3.05, 3.63) is 47.1 Å². The lowest BCUT2D eigenvalue weighted by atomic mass is 10.1. The standard InChI is InChI=1S/C19H31BrN4O3S/c1-8-16(20)12-18(13(2)3)28(26,27)23-14(4)11-17(15(5)21)19(25)22-9-10-24(6)7/h8,11-13,18,21,23H,1,4,9-10H2,2-3,5-7H3,(H,22,25). The minimum absolute atomic E-state index is 0.0115. The van der Waals surface area contributed by atoms with Gasteiger partial charge in [-0.05, 0) is 33.0 Å². The molecule has 0 aliphatic rings. The van der Waals surface area contributed by atoms with E-state index in [1.165, 1.54) is 19.1 Å². The maximum atomic E-state index is 12.7. The molecule has 0 aromatic rings. The number of sulfonamides is 1. The van der Waals surface area contributed by atoms with Crippen molar-refractivity contribution < 1.29 is 13.2 Å². The average molecular weight is 475 g/mol. The van der Waals surface area contributed by atoms with Crippen LogP contribution >= 0.6 is 15.9 Å². The number of rotatable bonds is 12. The largest absolute Gasteiger partial charge is 0.351 e. The lowest BCUT2D eigenvalue weighted by molar-refractivity contribution is -0.117. The molecule has 158 valence electrons. The summed E-state index contributed by atoms with van der Waals surface area (Å²) < 4.78 is 28.4. The SMILES string of the molecule is C=CC(Br)=CC(C(C)C)S(=O)(=O)NC(=C)C=C(C(C)=N)C(=O)NCCN(C)C. The lowest BCUT2D eigenvalue weighted by Gasteiger charge is -2.20. The molecule has 3 N–H and O–H groups in total. The van der Waals surface area contributed by atoms with Gasteiger partial charge in [-0.15, -0.1) is 0 Å². The molecule has 0 saturated heterocycles. The Morgan fingerprint density at radius 1 is 1.32 bits per heavy atom. The number of allylic oxidation sites excluding steroid dienone is 3. The van der Waals surface area contributed by atoms with Crippen LogP contribution in [0.25, 0.3) is 0 Å². The van der Waals surface area contributed by atoms with Crippen molar-refractivity contribution in [1.29, 1.82) is 5.41 Å². The molecular weight excluding hydrogens is 444 g/mol. The van der Waals surface area contributed by atoms with E-state index in [-0.39, 0.29) is 22.9 Å². The van der Waals surface area contributed by atoms with Gasteiger partial charge in [0, 0.05) is 29.0 Å². The van der Waals surface area contributed by atoms with Crippen LogP contribution in [0.4, 0.5) is 0 Å². The van der Waals surface area contributed by atoms with Crippen LogP contribution in [0.5, 0.6) is 0 Å². The summed E-state index contributed by atoms with van der Waals surface area (Å²) in [4.78, 5) is 14.2. The zero-order valence-electron chi connectivity index (χ0n) is 17.2. The Hall–Kier alpha value is -1.71. The second-order valence-corrected chi connectivity index (χ2v) is 9.63. The molecule has 0 bridgehead atoms. The maximum Gasteiger partial charge on any atom is 0.253 e. The number of nitrogens with one attached hydrogen (secondary N) is 3. The molecular formula is C19H31BrN4O3S. The molecule has 0 aliphatic carbocycles. The fourth-order valence-electron chi connectivity index (χ4n) is 2.15. The molecule has 0 rings (SSSR count). The van der Waals surface area contributed by atoms with E-state index in [0.29, 0.717) is 17.6 Å². The first-order valence-electron chi connectivity index (χ1n) is 8.72. The monoisotopic (exact) mass is 474 g/mol. The van der Waals surface area contributed by atoms with Crippen molar-refractivity contribution in [2.75, 3.05) is 27.2 Å². The van der Waals surface area contributed by atoms with Gasteiger partial charge in [-0.25, -0.2) is 8.42 Å². The van der Waals surface area contributed by atoms with Gasteiger partial charge in [0.25, 0.3) is 5.91 Å².